The van der Waals surface area contributed by atoms with Gasteiger partial charge in [-0.15, -0.1) is 0 Å². The van der Waals surface area contributed by atoms with Gasteiger partial charge in [-0.1, -0.05) is 0 Å². The first-order valence-electron chi connectivity index (χ1n) is 3.98. The Hall–Kier alpha value is -0.530. The van der Waals surface area contributed by atoms with Crippen molar-refractivity contribution in [2.24, 2.45) is 0 Å². The van der Waals surface area contributed by atoms with E-state index in [4.69, 9.17) is 0 Å². The van der Waals surface area contributed by atoms with Gasteiger partial charge in [-0.2, -0.15) is 0 Å². The van der Waals surface area contributed by atoms with Crippen molar-refractivity contribution in [1.29, 1.82) is 0 Å². The number of nitrogens with zero attached hydrogens (tertiary/aromatic N) is 1. The fourth-order valence-corrected chi connectivity index (χ4v) is 1.65. The smallest absolute Gasteiger partial charge is 0.210 e. The van der Waals surface area contributed by atoms with Crippen LogP contribution in [0.15, 0.2) is 0 Å². The van der Waals surface area contributed by atoms with Gasteiger partial charge in [0.2, 0.25) is 6.41 Å². The third-order valence-corrected chi connectivity index (χ3v) is 2.38. The molecule has 0 radical (unpaired) electrons. The Morgan fingerprint density at radius 3 is 2.10 bits per heavy atom. The van der Waals surface area contributed by atoms with E-state index in [1.807, 2.05) is 4.90 Å². The molecule has 1 rings (SSSR count). The van der Waals surface area contributed by atoms with Gasteiger partial charge in [0.15, 0.2) is 0 Å². The lowest BCUT2D eigenvalue weighted by atomic mass is 9.99. The molecule has 0 N–H and O–H groups in total. The fourth-order valence-electron chi connectivity index (χ4n) is 1.65. The van der Waals surface area contributed by atoms with Gasteiger partial charge in [0.25, 0.3) is 0 Å². The van der Waals surface area contributed by atoms with Gasteiger partial charge in [0.1, 0.15) is 0 Å². The summed E-state index contributed by atoms with van der Waals surface area (Å²) >= 11 is 0. The molecule has 0 saturated carbocycles. The Morgan fingerprint density at radius 1 is 1.30 bits per heavy atom. The van der Waals surface area contributed by atoms with Crippen LogP contribution in [0.5, 0.6) is 0 Å². The number of likely N-dealkylation sites (tertiary alicyclic amines) is 1. The lowest BCUT2D eigenvalue weighted by molar-refractivity contribution is -0.123. The lowest BCUT2D eigenvalue weighted by Gasteiger charge is -2.35. The second-order valence-corrected chi connectivity index (χ2v) is 3.18. The molecule has 1 saturated heterocycles. The SMILES string of the molecule is C[C@H]1CCC[C@H](C)N1C=O. The number of hydrogen-bond donors (Lipinski definition) is 0. The van der Waals surface area contributed by atoms with E-state index in [9.17, 15) is 4.79 Å². The largest absolute Gasteiger partial charge is 0.340 e. The third-order valence-electron chi connectivity index (χ3n) is 2.38. The van der Waals surface area contributed by atoms with Crippen LogP contribution in [0.25, 0.3) is 0 Å². The molecule has 0 aromatic heterocycles. The third kappa shape index (κ3) is 1.31. The molecule has 1 heterocycles. The maximum Gasteiger partial charge on any atom is 0.210 e. The number of hydrogen-bond acceptors (Lipinski definition) is 1. The van der Waals surface area contributed by atoms with Crippen LogP contribution in [-0.4, -0.2) is 23.4 Å². The van der Waals surface area contributed by atoms with Crippen molar-refractivity contribution >= 4 is 6.41 Å². The quantitative estimate of drug-likeness (QED) is 0.505. The molecule has 2 heteroatoms. The maximum atomic E-state index is 10.5. The summed E-state index contributed by atoms with van der Waals surface area (Å²) in [5, 5.41) is 0. The van der Waals surface area contributed by atoms with Crippen LogP contribution >= 0.6 is 0 Å². The van der Waals surface area contributed by atoms with Crippen LogP contribution < -0.4 is 0 Å². The van der Waals surface area contributed by atoms with Crippen molar-refractivity contribution in [3.63, 3.8) is 0 Å². The monoisotopic (exact) mass is 141 g/mol. The van der Waals surface area contributed by atoms with Crippen molar-refractivity contribution in [2.45, 2.75) is 45.2 Å². The topological polar surface area (TPSA) is 20.3 Å². The van der Waals surface area contributed by atoms with Crippen LogP contribution in [0.3, 0.4) is 0 Å². The Morgan fingerprint density at radius 2 is 1.80 bits per heavy atom. The highest BCUT2D eigenvalue weighted by molar-refractivity contribution is 5.48. The number of piperidine rings is 1. The van der Waals surface area contributed by atoms with Gasteiger partial charge < -0.3 is 4.90 Å². The maximum absolute atomic E-state index is 10.5. The molecular formula is C8H15NO. The van der Waals surface area contributed by atoms with Crippen LogP contribution in [0.4, 0.5) is 0 Å². The molecule has 1 aliphatic rings. The van der Waals surface area contributed by atoms with E-state index in [0.29, 0.717) is 12.1 Å². The average Bonchev–Trinajstić information content (AvgIpc) is 1.88. The Labute approximate surface area is 62.2 Å². The molecule has 2 nitrogen and oxygen atoms in total. The van der Waals surface area contributed by atoms with Gasteiger partial charge in [0.05, 0.1) is 0 Å². The molecular weight excluding hydrogens is 126 g/mol. The number of amides is 1. The predicted octanol–water partition coefficient (Wildman–Crippen LogP) is 1.41. The number of carbonyl (C=O) groups excluding carboxylic acids is 1. The van der Waals surface area contributed by atoms with Gasteiger partial charge >= 0.3 is 0 Å². The molecule has 1 aliphatic heterocycles. The lowest BCUT2D eigenvalue weighted by Crippen LogP contribution is -2.42. The minimum Gasteiger partial charge on any atom is -0.340 e. The first-order valence-corrected chi connectivity index (χ1v) is 3.98. The summed E-state index contributed by atoms with van der Waals surface area (Å²) in [5.74, 6) is 0. The normalized spacial score (nSPS) is 34.0. The zero-order valence-electron chi connectivity index (χ0n) is 6.71. The van der Waals surface area contributed by atoms with E-state index in [-0.39, 0.29) is 0 Å². The minimum absolute atomic E-state index is 0.459. The van der Waals surface area contributed by atoms with Crippen molar-refractivity contribution in [3.05, 3.63) is 0 Å². The fraction of sp³-hybridized carbons (Fsp3) is 0.875. The van der Waals surface area contributed by atoms with E-state index in [1.54, 1.807) is 0 Å². The van der Waals surface area contributed by atoms with Crippen molar-refractivity contribution in [1.82, 2.24) is 4.90 Å². The van der Waals surface area contributed by atoms with E-state index >= 15 is 0 Å². The van der Waals surface area contributed by atoms with E-state index in [2.05, 4.69) is 13.8 Å². The van der Waals surface area contributed by atoms with Crippen molar-refractivity contribution in [3.8, 4) is 0 Å². The summed E-state index contributed by atoms with van der Waals surface area (Å²) < 4.78 is 0. The molecule has 0 bridgehead atoms. The summed E-state index contributed by atoms with van der Waals surface area (Å²) in [7, 11) is 0. The van der Waals surface area contributed by atoms with Crippen LogP contribution in [-0.2, 0) is 4.79 Å². The summed E-state index contributed by atoms with van der Waals surface area (Å²) in [6.45, 7) is 4.23. The highest BCUT2D eigenvalue weighted by atomic mass is 16.1. The molecule has 1 fully saturated rings. The summed E-state index contributed by atoms with van der Waals surface area (Å²) in [6, 6.07) is 0.919. The highest BCUT2D eigenvalue weighted by Crippen LogP contribution is 2.19. The molecule has 1 amide bonds. The average molecular weight is 141 g/mol. The van der Waals surface area contributed by atoms with Crippen LogP contribution in [0.1, 0.15) is 33.1 Å². The van der Waals surface area contributed by atoms with Gasteiger partial charge in [-0.05, 0) is 33.1 Å². The summed E-state index contributed by atoms with van der Waals surface area (Å²) in [4.78, 5) is 12.4. The Kier molecular flexibility index (Phi) is 2.30. The molecule has 2 atom stereocenters. The Balaban J connectivity index is 2.53. The second kappa shape index (κ2) is 3.04. The Bertz CT molecular complexity index is 114. The van der Waals surface area contributed by atoms with E-state index < -0.39 is 0 Å². The minimum atomic E-state index is 0.459. The number of carbonyl (C=O) groups is 1. The molecule has 0 aromatic rings. The van der Waals surface area contributed by atoms with E-state index in [0.717, 1.165) is 6.41 Å². The molecule has 0 aromatic carbocycles. The number of rotatable bonds is 1. The van der Waals surface area contributed by atoms with Crippen molar-refractivity contribution < 1.29 is 4.79 Å². The molecule has 58 valence electrons. The second-order valence-electron chi connectivity index (χ2n) is 3.18. The van der Waals surface area contributed by atoms with Gasteiger partial charge in [0, 0.05) is 12.1 Å². The van der Waals surface area contributed by atoms with E-state index in [1.165, 1.54) is 19.3 Å². The zero-order valence-corrected chi connectivity index (χ0v) is 6.71. The molecule has 0 spiro atoms. The molecule has 0 unspecified atom stereocenters. The summed E-state index contributed by atoms with van der Waals surface area (Å²) in [5.41, 5.74) is 0. The van der Waals surface area contributed by atoms with Gasteiger partial charge in [-0.25, -0.2) is 0 Å². The zero-order chi connectivity index (χ0) is 7.56. The van der Waals surface area contributed by atoms with Crippen LogP contribution in [0.2, 0.25) is 0 Å². The molecule has 10 heavy (non-hydrogen) atoms. The van der Waals surface area contributed by atoms with Gasteiger partial charge in [-0.3, -0.25) is 4.79 Å². The highest BCUT2D eigenvalue weighted by Gasteiger charge is 2.22. The van der Waals surface area contributed by atoms with Crippen molar-refractivity contribution in [2.75, 3.05) is 0 Å². The first kappa shape index (κ1) is 7.58. The molecule has 0 aliphatic carbocycles. The van der Waals surface area contributed by atoms with Crippen LogP contribution in [0, 0.1) is 0 Å². The first-order chi connectivity index (χ1) is 4.75. The predicted molar refractivity (Wildman–Crippen MR) is 40.7 cm³/mol. The summed E-state index contributed by atoms with van der Waals surface area (Å²) in [6.07, 6.45) is 4.59. The standard InChI is InChI=1S/C8H15NO/c1-7-4-3-5-8(2)9(7)6-10/h6-8H,3-5H2,1-2H3/t7-,8-/m0/s1.